The lowest BCUT2D eigenvalue weighted by molar-refractivity contribution is 1.42. The zero-order valence-corrected chi connectivity index (χ0v) is 15.9. The molecular formula is C22H14IN3. The molecule has 0 saturated carbocycles. The monoisotopic (exact) mass is 447 g/mol. The van der Waals surface area contributed by atoms with Crippen LogP contribution >= 0.6 is 22.6 Å². The van der Waals surface area contributed by atoms with Crippen LogP contribution in [0.15, 0.2) is 60.7 Å². The molecule has 0 aliphatic rings. The highest BCUT2D eigenvalue weighted by Gasteiger charge is 2.11. The van der Waals surface area contributed by atoms with Gasteiger partial charge in [-0.15, -0.1) is 0 Å². The largest absolute Gasteiger partial charge is 0.385 e. The predicted octanol–water partition coefficient (Wildman–Crippen LogP) is 6.30. The van der Waals surface area contributed by atoms with Crippen molar-refractivity contribution < 1.29 is 0 Å². The summed E-state index contributed by atoms with van der Waals surface area (Å²) < 4.78 is 1.16. The molecule has 124 valence electrons. The van der Waals surface area contributed by atoms with E-state index in [0.29, 0.717) is 5.82 Å². The molecule has 6 rings (SSSR count). The Bertz CT molecular complexity index is 1390. The predicted molar refractivity (Wildman–Crippen MR) is 120 cm³/mol. The number of hydrogen-bond donors (Lipinski definition) is 3. The van der Waals surface area contributed by atoms with Gasteiger partial charge in [-0.25, -0.2) is 0 Å². The van der Waals surface area contributed by atoms with Crippen molar-refractivity contribution in [2.24, 2.45) is 0 Å². The number of halogens is 1. The quantitative estimate of drug-likeness (QED) is 0.186. The molecule has 0 aliphatic carbocycles. The van der Waals surface area contributed by atoms with Crippen molar-refractivity contribution in [1.29, 1.82) is 0 Å². The van der Waals surface area contributed by atoms with Gasteiger partial charge in [0.25, 0.3) is 0 Å². The van der Waals surface area contributed by atoms with Crippen molar-refractivity contribution in [1.82, 2.24) is 9.97 Å². The third kappa shape index (κ3) is 1.82. The summed E-state index contributed by atoms with van der Waals surface area (Å²) in [6, 6.07) is 21.9. The van der Waals surface area contributed by atoms with Gasteiger partial charge in [0.2, 0.25) is 0 Å². The maximum atomic E-state index is 5.96. The molecule has 4 N–H and O–H groups in total. The highest BCUT2D eigenvalue weighted by atomic mass is 127. The number of nitrogens with two attached hydrogens (primary N) is 1. The number of nitrogen functional groups attached to an aromatic ring is 1. The lowest BCUT2D eigenvalue weighted by Gasteiger charge is -2.09. The molecule has 6 aromatic rings. The molecule has 26 heavy (non-hydrogen) atoms. The molecule has 0 unspecified atom stereocenters. The van der Waals surface area contributed by atoms with Gasteiger partial charge >= 0.3 is 0 Å². The fourth-order valence-electron chi connectivity index (χ4n) is 4.23. The number of benzene rings is 4. The van der Waals surface area contributed by atoms with Crippen molar-refractivity contribution in [2.45, 2.75) is 0 Å². The summed E-state index contributed by atoms with van der Waals surface area (Å²) in [6.07, 6.45) is 0. The number of fused-ring (bicyclic) bond motifs is 9. The summed E-state index contributed by atoms with van der Waals surface area (Å²) in [5.74, 6) is 0.704. The third-order valence-corrected chi connectivity index (χ3v) is 5.95. The number of rotatable bonds is 0. The average molecular weight is 447 g/mol. The molecule has 0 aliphatic heterocycles. The number of hydrogen-bond acceptors (Lipinski definition) is 1. The number of aromatic amines is 2. The van der Waals surface area contributed by atoms with E-state index >= 15 is 0 Å². The van der Waals surface area contributed by atoms with E-state index in [2.05, 4.69) is 87.2 Å². The van der Waals surface area contributed by atoms with Gasteiger partial charge in [-0.2, -0.15) is 0 Å². The Morgan fingerprint density at radius 2 is 1.04 bits per heavy atom. The second-order valence-corrected chi connectivity index (χ2v) is 7.98. The van der Waals surface area contributed by atoms with Gasteiger partial charge in [0, 0.05) is 21.5 Å². The molecule has 0 bridgehead atoms. The lowest BCUT2D eigenvalue weighted by atomic mass is 9.95. The van der Waals surface area contributed by atoms with Gasteiger partial charge in [-0.3, -0.25) is 0 Å². The summed E-state index contributed by atoms with van der Waals surface area (Å²) in [5, 5.41) is 9.96. The second-order valence-electron chi connectivity index (χ2n) is 6.82. The van der Waals surface area contributed by atoms with Crippen molar-refractivity contribution in [3.8, 4) is 0 Å². The van der Waals surface area contributed by atoms with Gasteiger partial charge in [0.1, 0.15) is 5.82 Å². The summed E-state index contributed by atoms with van der Waals surface area (Å²) >= 11 is 2.34. The zero-order chi connectivity index (χ0) is 17.4. The lowest BCUT2D eigenvalue weighted by Crippen LogP contribution is -1.84. The minimum atomic E-state index is 0.704. The fourth-order valence-corrected chi connectivity index (χ4v) is 4.84. The second kappa shape index (κ2) is 4.92. The first-order valence-electron chi connectivity index (χ1n) is 8.53. The number of aromatic nitrogens is 2. The topological polar surface area (TPSA) is 57.6 Å². The molecule has 0 atom stereocenters. The van der Waals surface area contributed by atoms with E-state index in [-0.39, 0.29) is 0 Å². The Hall–Kier alpha value is -2.73. The van der Waals surface area contributed by atoms with Gasteiger partial charge in [-0.1, -0.05) is 48.5 Å². The number of nitrogens with one attached hydrogen (secondary N) is 2. The highest BCUT2D eigenvalue weighted by molar-refractivity contribution is 14.1. The molecule has 0 spiro atoms. The minimum Gasteiger partial charge on any atom is -0.385 e. The number of anilines is 1. The van der Waals surface area contributed by atoms with Gasteiger partial charge in [-0.05, 0) is 56.3 Å². The van der Waals surface area contributed by atoms with E-state index < -0.39 is 0 Å². The Morgan fingerprint density at radius 1 is 0.577 bits per heavy atom. The van der Waals surface area contributed by atoms with E-state index in [9.17, 15) is 0 Å². The first-order valence-corrected chi connectivity index (χ1v) is 9.60. The molecule has 2 heterocycles. The molecule has 0 saturated heterocycles. The molecule has 2 aromatic heterocycles. The summed E-state index contributed by atoms with van der Waals surface area (Å²) in [6.45, 7) is 0. The fraction of sp³-hybridized carbons (Fsp3) is 0. The van der Waals surface area contributed by atoms with Crippen molar-refractivity contribution >= 4 is 82.5 Å². The summed E-state index contributed by atoms with van der Waals surface area (Å²) in [4.78, 5) is 6.80. The Balaban J connectivity index is 1.81. The highest BCUT2D eigenvalue weighted by Crippen LogP contribution is 2.37. The minimum absolute atomic E-state index is 0.704. The smallest absolute Gasteiger partial charge is 0.101 e. The van der Waals surface area contributed by atoms with Crippen LogP contribution in [0.25, 0.3) is 54.1 Å². The normalized spacial score (nSPS) is 12.2. The first kappa shape index (κ1) is 14.4. The van der Waals surface area contributed by atoms with Crippen LogP contribution in [-0.2, 0) is 0 Å². The van der Waals surface area contributed by atoms with Crippen LogP contribution in [-0.4, -0.2) is 9.97 Å². The Labute approximate surface area is 162 Å². The maximum Gasteiger partial charge on any atom is 0.101 e. The first-order chi connectivity index (χ1) is 12.7. The van der Waals surface area contributed by atoms with Crippen molar-refractivity contribution in [2.75, 3.05) is 5.73 Å². The van der Waals surface area contributed by atoms with Gasteiger partial charge in [0.05, 0.1) is 14.7 Å². The Kier molecular flexibility index (Phi) is 2.73. The molecule has 3 nitrogen and oxygen atoms in total. The third-order valence-electron chi connectivity index (χ3n) is 5.37. The molecule has 4 heteroatoms. The zero-order valence-electron chi connectivity index (χ0n) is 13.7. The molecule has 0 radical (unpaired) electrons. The van der Waals surface area contributed by atoms with Crippen LogP contribution in [0.4, 0.5) is 5.82 Å². The Morgan fingerprint density at radius 3 is 1.69 bits per heavy atom. The van der Waals surface area contributed by atoms with Crippen molar-refractivity contribution in [3.05, 3.63) is 64.4 Å². The molecular weight excluding hydrogens is 433 g/mol. The average Bonchev–Trinajstić information content (AvgIpc) is 3.21. The van der Waals surface area contributed by atoms with Crippen LogP contribution in [0.3, 0.4) is 0 Å². The van der Waals surface area contributed by atoms with Gasteiger partial charge in [0.15, 0.2) is 0 Å². The van der Waals surface area contributed by atoms with E-state index in [0.717, 1.165) is 14.6 Å². The number of H-pyrrole nitrogens is 2. The molecule has 0 fully saturated rings. The molecule has 0 amide bonds. The van der Waals surface area contributed by atoms with Crippen LogP contribution in [0, 0.1) is 3.70 Å². The van der Waals surface area contributed by atoms with E-state index in [1.807, 2.05) is 6.07 Å². The van der Waals surface area contributed by atoms with Crippen molar-refractivity contribution in [3.63, 3.8) is 0 Å². The standard InChI is InChI=1S/C22H14IN3/c23-19-9-11-1-3-15-13-6-8-18-16(4-2-12-10-20(24)26-22(12)18)14(13)5-7-17(15)21(11)25-19/h1-10,25-26H,24H2. The van der Waals surface area contributed by atoms with Crippen LogP contribution < -0.4 is 5.73 Å². The SMILES string of the molecule is Nc1cc2ccc3c4ccc5c(ccc6cc(I)[nH]c65)c4ccc3c2[nH]1. The summed E-state index contributed by atoms with van der Waals surface area (Å²) in [5.41, 5.74) is 8.28. The molecule has 4 aromatic carbocycles. The van der Waals surface area contributed by atoms with E-state index in [1.165, 1.54) is 43.2 Å². The summed E-state index contributed by atoms with van der Waals surface area (Å²) in [7, 11) is 0. The van der Waals surface area contributed by atoms with E-state index in [1.54, 1.807) is 0 Å². The van der Waals surface area contributed by atoms with Gasteiger partial charge < -0.3 is 15.7 Å². The maximum absolute atomic E-state index is 5.96. The van der Waals surface area contributed by atoms with E-state index in [4.69, 9.17) is 5.73 Å². The van der Waals surface area contributed by atoms with Crippen LogP contribution in [0.5, 0.6) is 0 Å². The van der Waals surface area contributed by atoms with Crippen LogP contribution in [0.2, 0.25) is 0 Å². The van der Waals surface area contributed by atoms with Crippen LogP contribution in [0.1, 0.15) is 0 Å².